The molecule has 4 heteroatoms. The zero-order valence-electron chi connectivity index (χ0n) is 11.2. The number of ether oxygens (including phenoxy) is 1. The predicted octanol–water partition coefficient (Wildman–Crippen LogP) is 1.92. The van der Waals surface area contributed by atoms with E-state index in [0.29, 0.717) is 6.54 Å². The fourth-order valence-corrected chi connectivity index (χ4v) is 2.58. The van der Waals surface area contributed by atoms with Gasteiger partial charge in [0.25, 0.3) is 0 Å². The molecule has 0 saturated carbocycles. The monoisotopic (exact) mass is 257 g/mol. The number of para-hydroxylation sites is 1. The van der Waals surface area contributed by atoms with Crippen LogP contribution in [0.2, 0.25) is 0 Å². The minimum Gasteiger partial charge on any atom is -0.375 e. The van der Waals surface area contributed by atoms with Crippen LogP contribution in [0.25, 0.3) is 10.9 Å². The summed E-state index contributed by atoms with van der Waals surface area (Å²) >= 11 is 0. The molecule has 4 nitrogen and oxygen atoms in total. The van der Waals surface area contributed by atoms with Gasteiger partial charge in [-0.25, -0.2) is 4.98 Å². The van der Waals surface area contributed by atoms with E-state index in [1.54, 1.807) is 0 Å². The summed E-state index contributed by atoms with van der Waals surface area (Å²) in [7, 11) is 0. The summed E-state index contributed by atoms with van der Waals surface area (Å²) in [6.45, 7) is 5.11. The summed E-state index contributed by atoms with van der Waals surface area (Å²) in [4.78, 5) is 7.08. The third-order valence-electron chi connectivity index (χ3n) is 3.54. The Morgan fingerprint density at radius 2 is 2.26 bits per heavy atom. The highest BCUT2D eigenvalue weighted by Gasteiger charge is 2.20. The third kappa shape index (κ3) is 2.41. The molecule has 1 atom stereocenters. The van der Waals surface area contributed by atoms with Crippen molar-refractivity contribution in [3.05, 3.63) is 35.9 Å². The van der Waals surface area contributed by atoms with E-state index < -0.39 is 0 Å². The van der Waals surface area contributed by atoms with Crippen molar-refractivity contribution in [1.29, 1.82) is 0 Å². The maximum absolute atomic E-state index is 5.89. The summed E-state index contributed by atoms with van der Waals surface area (Å²) in [6, 6.07) is 10.3. The molecule has 2 aromatic rings. The van der Waals surface area contributed by atoms with Crippen LogP contribution >= 0.6 is 0 Å². The molecule has 0 radical (unpaired) electrons. The largest absolute Gasteiger partial charge is 0.375 e. The van der Waals surface area contributed by atoms with Crippen LogP contribution in [0.3, 0.4) is 0 Å². The molecule has 0 bridgehead atoms. The first-order valence-electron chi connectivity index (χ1n) is 6.73. The van der Waals surface area contributed by atoms with Gasteiger partial charge in [-0.3, -0.25) is 0 Å². The maximum atomic E-state index is 5.89. The first-order valence-corrected chi connectivity index (χ1v) is 6.73. The fourth-order valence-electron chi connectivity index (χ4n) is 2.58. The van der Waals surface area contributed by atoms with Crippen LogP contribution in [-0.4, -0.2) is 30.8 Å². The van der Waals surface area contributed by atoms with Crippen LogP contribution in [-0.2, 0) is 11.3 Å². The van der Waals surface area contributed by atoms with Crippen LogP contribution in [0.15, 0.2) is 30.3 Å². The number of aromatic nitrogens is 1. The molecule has 100 valence electrons. The van der Waals surface area contributed by atoms with E-state index >= 15 is 0 Å². The highest BCUT2D eigenvalue weighted by Crippen LogP contribution is 2.24. The van der Waals surface area contributed by atoms with Gasteiger partial charge in [-0.05, 0) is 19.1 Å². The lowest BCUT2D eigenvalue weighted by atomic mass is 10.1. The van der Waals surface area contributed by atoms with Crippen LogP contribution in [0.5, 0.6) is 0 Å². The van der Waals surface area contributed by atoms with Crippen molar-refractivity contribution in [2.45, 2.75) is 19.6 Å². The van der Waals surface area contributed by atoms with Crippen molar-refractivity contribution in [3.8, 4) is 0 Å². The zero-order chi connectivity index (χ0) is 13.2. The summed E-state index contributed by atoms with van der Waals surface area (Å²) in [5, 5.41) is 1.15. The SMILES string of the molecule is CC1CN(c2nc3ccccc3cc2CN)CCO1. The molecule has 2 heterocycles. The number of rotatable bonds is 2. The lowest BCUT2D eigenvalue weighted by Crippen LogP contribution is -2.42. The molecule has 1 saturated heterocycles. The highest BCUT2D eigenvalue weighted by atomic mass is 16.5. The number of hydrogen-bond donors (Lipinski definition) is 1. The molecule has 1 unspecified atom stereocenters. The number of benzene rings is 1. The average Bonchev–Trinajstić information content (AvgIpc) is 2.46. The zero-order valence-corrected chi connectivity index (χ0v) is 11.2. The number of nitrogens with zero attached hydrogens (tertiary/aromatic N) is 2. The second kappa shape index (κ2) is 5.15. The van der Waals surface area contributed by atoms with Gasteiger partial charge in [0.2, 0.25) is 0 Å². The Morgan fingerprint density at radius 1 is 1.42 bits per heavy atom. The van der Waals surface area contributed by atoms with Crippen molar-refractivity contribution in [3.63, 3.8) is 0 Å². The minimum absolute atomic E-state index is 0.243. The molecular formula is C15H19N3O. The molecule has 1 aromatic heterocycles. The van der Waals surface area contributed by atoms with E-state index in [4.69, 9.17) is 15.5 Å². The summed E-state index contributed by atoms with van der Waals surface area (Å²) in [5.74, 6) is 1.01. The Kier molecular flexibility index (Phi) is 3.36. The van der Waals surface area contributed by atoms with Crippen molar-refractivity contribution in [2.24, 2.45) is 5.73 Å². The van der Waals surface area contributed by atoms with Gasteiger partial charge in [0.1, 0.15) is 5.82 Å². The number of anilines is 1. The topological polar surface area (TPSA) is 51.4 Å². The summed E-state index contributed by atoms with van der Waals surface area (Å²) in [5.41, 5.74) is 8.01. The van der Waals surface area contributed by atoms with Crippen molar-refractivity contribution in [1.82, 2.24) is 4.98 Å². The Morgan fingerprint density at radius 3 is 3.05 bits per heavy atom. The second-order valence-electron chi connectivity index (χ2n) is 5.00. The lowest BCUT2D eigenvalue weighted by Gasteiger charge is -2.33. The Balaban J connectivity index is 2.05. The predicted molar refractivity (Wildman–Crippen MR) is 77.3 cm³/mol. The molecule has 0 amide bonds. The minimum atomic E-state index is 0.243. The molecule has 1 fully saturated rings. The van der Waals surface area contributed by atoms with E-state index in [9.17, 15) is 0 Å². The number of fused-ring (bicyclic) bond motifs is 1. The quantitative estimate of drug-likeness (QED) is 0.893. The molecule has 1 aliphatic heterocycles. The Hall–Kier alpha value is -1.65. The Labute approximate surface area is 113 Å². The highest BCUT2D eigenvalue weighted by molar-refractivity contribution is 5.81. The molecule has 1 aromatic carbocycles. The van der Waals surface area contributed by atoms with Gasteiger partial charge in [0.05, 0.1) is 18.2 Å². The van der Waals surface area contributed by atoms with Gasteiger partial charge < -0.3 is 15.4 Å². The summed E-state index contributed by atoms with van der Waals surface area (Å²) in [6.07, 6.45) is 0.243. The lowest BCUT2D eigenvalue weighted by molar-refractivity contribution is 0.0529. The van der Waals surface area contributed by atoms with Crippen LogP contribution in [0.4, 0.5) is 5.82 Å². The van der Waals surface area contributed by atoms with Crippen LogP contribution in [0.1, 0.15) is 12.5 Å². The van der Waals surface area contributed by atoms with E-state index in [-0.39, 0.29) is 6.10 Å². The van der Waals surface area contributed by atoms with Gasteiger partial charge in [0.15, 0.2) is 0 Å². The van der Waals surface area contributed by atoms with E-state index in [2.05, 4.69) is 24.0 Å². The first-order chi connectivity index (χ1) is 9.28. The number of morpholine rings is 1. The van der Waals surface area contributed by atoms with Gasteiger partial charge in [-0.1, -0.05) is 18.2 Å². The number of nitrogens with two attached hydrogens (primary N) is 1. The molecule has 1 aliphatic rings. The molecule has 3 rings (SSSR count). The van der Waals surface area contributed by atoms with E-state index in [0.717, 1.165) is 42.0 Å². The molecule has 0 spiro atoms. The number of hydrogen-bond acceptors (Lipinski definition) is 4. The van der Waals surface area contributed by atoms with Gasteiger partial charge in [-0.15, -0.1) is 0 Å². The van der Waals surface area contributed by atoms with Gasteiger partial charge in [-0.2, -0.15) is 0 Å². The molecule has 19 heavy (non-hydrogen) atoms. The average molecular weight is 257 g/mol. The normalized spacial score (nSPS) is 19.9. The standard InChI is InChI=1S/C15H19N3O/c1-11-10-18(6-7-19-11)15-13(9-16)8-12-4-2-3-5-14(12)17-15/h2-5,8,11H,6-7,9-10,16H2,1H3. The summed E-state index contributed by atoms with van der Waals surface area (Å²) < 4.78 is 5.59. The molecular weight excluding hydrogens is 238 g/mol. The third-order valence-corrected chi connectivity index (χ3v) is 3.54. The molecule has 2 N–H and O–H groups in total. The van der Waals surface area contributed by atoms with Gasteiger partial charge in [0, 0.05) is 30.6 Å². The van der Waals surface area contributed by atoms with Crippen molar-refractivity contribution in [2.75, 3.05) is 24.6 Å². The van der Waals surface area contributed by atoms with Crippen molar-refractivity contribution < 1.29 is 4.74 Å². The first kappa shape index (κ1) is 12.4. The van der Waals surface area contributed by atoms with Crippen LogP contribution < -0.4 is 10.6 Å². The fraction of sp³-hybridized carbons (Fsp3) is 0.400. The van der Waals surface area contributed by atoms with Crippen molar-refractivity contribution >= 4 is 16.7 Å². The smallest absolute Gasteiger partial charge is 0.133 e. The number of pyridine rings is 1. The van der Waals surface area contributed by atoms with E-state index in [1.165, 1.54) is 0 Å². The molecule has 0 aliphatic carbocycles. The maximum Gasteiger partial charge on any atom is 0.133 e. The van der Waals surface area contributed by atoms with E-state index in [1.807, 2.05) is 18.2 Å². The Bertz CT molecular complexity index is 585. The second-order valence-corrected chi connectivity index (χ2v) is 5.00. The van der Waals surface area contributed by atoms with Crippen LogP contribution in [0, 0.1) is 0 Å². The van der Waals surface area contributed by atoms with Gasteiger partial charge >= 0.3 is 0 Å².